The van der Waals surface area contributed by atoms with E-state index in [0.29, 0.717) is 12.1 Å². The van der Waals surface area contributed by atoms with E-state index in [0.717, 1.165) is 29.8 Å². The molecule has 0 radical (unpaired) electrons. The molecule has 2 aromatic rings. The number of hydrogen-bond donors (Lipinski definition) is 2. The molecule has 0 spiro atoms. The number of carbonyl (C=O) groups is 2. The van der Waals surface area contributed by atoms with E-state index in [1.165, 1.54) is 0 Å². The molecule has 2 atom stereocenters. The Bertz CT molecular complexity index is 1010. The van der Waals surface area contributed by atoms with Gasteiger partial charge in [-0.15, -0.1) is 0 Å². The number of alkyl carbamates (subject to hydrolysis) is 1. The van der Waals surface area contributed by atoms with Crippen LogP contribution >= 0.6 is 0 Å². The number of amides is 2. The monoisotopic (exact) mass is 434 g/mol. The van der Waals surface area contributed by atoms with E-state index in [-0.39, 0.29) is 11.9 Å². The van der Waals surface area contributed by atoms with Crippen LogP contribution < -0.4 is 15.5 Å². The summed E-state index contributed by atoms with van der Waals surface area (Å²) in [5.41, 5.74) is 2.91. The number of carbonyl (C=O) groups excluding carboxylic acids is 2. The van der Waals surface area contributed by atoms with E-state index in [2.05, 4.69) is 21.6 Å². The number of rotatable bonds is 5. The summed E-state index contributed by atoms with van der Waals surface area (Å²) in [6.45, 7) is 8.27. The van der Waals surface area contributed by atoms with Gasteiger partial charge < -0.3 is 20.3 Å². The number of nitriles is 1. The summed E-state index contributed by atoms with van der Waals surface area (Å²) < 4.78 is 5.20. The van der Waals surface area contributed by atoms with E-state index < -0.39 is 17.7 Å². The first kappa shape index (κ1) is 23.1. The Kier molecular flexibility index (Phi) is 7.04. The SMILES string of the molecule is CC(NC(=O)OC(C)(C)C)C(=O)NC1CCN(c2ccc(-c3ccccc3)cc2C#N)C1. The fourth-order valence-electron chi connectivity index (χ4n) is 3.68. The Morgan fingerprint density at radius 2 is 1.88 bits per heavy atom. The molecule has 32 heavy (non-hydrogen) atoms. The molecule has 2 N–H and O–H groups in total. The minimum absolute atomic E-state index is 0.0641. The van der Waals surface area contributed by atoms with Crippen molar-refractivity contribution in [1.29, 1.82) is 5.26 Å². The maximum absolute atomic E-state index is 12.5. The summed E-state index contributed by atoms with van der Waals surface area (Å²) in [4.78, 5) is 26.5. The average Bonchev–Trinajstić information content (AvgIpc) is 3.20. The van der Waals surface area contributed by atoms with E-state index >= 15 is 0 Å². The van der Waals surface area contributed by atoms with Crippen molar-refractivity contribution in [2.24, 2.45) is 0 Å². The Morgan fingerprint density at radius 3 is 2.53 bits per heavy atom. The fourth-order valence-corrected chi connectivity index (χ4v) is 3.68. The minimum Gasteiger partial charge on any atom is -0.444 e. The third kappa shape index (κ3) is 6.01. The maximum atomic E-state index is 12.5. The van der Waals surface area contributed by atoms with Gasteiger partial charge in [0, 0.05) is 19.1 Å². The first-order valence-corrected chi connectivity index (χ1v) is 10.8. The molecule has 2 aromatic carbocycles. The molecule has 1 saturated heterocycles. The summed E-state index contributed by atoms with van der Waals surface area (Å²) in [5, 5.41) is 15.3. The highest BCUT2D eigenvalue weighted by molar-refractivity contribution is 5.85. The molecular formula is C25H30N4O3. The summed E-state index contributed by atoms with van der Waals surface area (Å²) >= 11 is 0. The van der Waals surface area contributed by atoms with Gasteiger partial charge in [-0.25, -0.2) is 4.79 Å². The average molecular weight is 435 g/mol. The van der Waals surface area contributed by atoms with Crippen LogP contribution in [-0.4, -0.2) is 42.8 Å². The molecule has 0 aromatic heterocycles. The van der Waals surface area contributed by atoms with Gasteiger partial charge in [-0.2, -0.15) is 5.26 Å². The molecule has 168 valence electrons. The maximum Gasteiger partial charge on any atom is 0.408 e. The summed E-state index contributed by atoms with van der Waals surface area (Å²) in [6, 6.07) is 17.4. The highest BCUT2D eigenvalue weighted by atomic mass is 16.6. The van der Waals surface area contributed by atoms with Crippen LogP contribution in [0.5, 0.6) is 0 Å². The Morgan fingerprint density at radius 1 is 1.16 bits per heavy atom. The first-order valence-electron chi connectivity index (χ1n) is 10.8. The molecule has 0 bridgehead atoms. The molecule has 3 rings (SSSR count). The van der Waals surface area contributed by atoms with Crippen LogP contribution in [-0.2, 0) is 9.53 Å². The van der Waals surface area contributed by atoms with Crippen LogP contribution in [0.25, 0.3) is 11.1 Å². The van der Waals surface area contributed by atoms with Gasteiger partial charge >= 0.3 is 6.09 Å². The predicted molar refractivity (Wildman–Crippen MR) is 124 cm³/mol. The second-order valence-corrected chi connectivity index (χ2v) is 9.02. The van der Waals surface area contributed by atoms with Gasteiger partial charge in [0.15, 0.2) is 0 Å². The highest BCUT2D eigenvalue weighted by Crippen LogP contribution is 2.29. The molecule has 1 aliphatic heterocycles. The van der Waals surface area contributed by atoms with Crippen LogP contribution in [0.4, 0.5) is 10.5 Å². The van der Waals surface area contributed by atoms with Crippen molar-refractivity contribution >= 4 is 17.7 Å². The number of hydrogen-bond acceptors (Lipinski definition) is 5. The smallest absolute Gasteiger partial charge is 0.408 e. The van der Waals surface area contributed by atoms with Crippen molar-refractivity contribution in [2.45, 2.75) is 51.8 Å². The Hall–Kier alpha value is -3.53. The van der Waals surface area contributed by atoms with Crippen molar-refractivity contribution in [3.63, 3.8) is 0 Å². The molecule has 1 aliphatic rings. The lowest BCUT2D eigenvalue weighted by atomic mass is 10.0. The number of benzene rings is 2. The zero-order chi connectivity index (χ0) is 23.3. The van der Waals surface area contributed by atoms with Gasteiger partial charge in [0.1, 0.15) is 17.7 Å². The van der Waals surface area contributed by atoms with E-state index in [1.807, 2.05) is 48.5 Å². The Labute approximate surface area is 189 Å². The van der Waals surface area contributed by atoms with Gasteiger partial charge in [-0.1, -0.05) is 36.4 Å². The number of nitrogens with zero attached hydrogens (tertiary/aromatic N) is 2. The zero-order valence-corrected chi connectivity index (χ0v) is 19.0. The number of anilines is 1. The van der Waals surface area contributed by atoms with Crippen molar-refractivity contribution < 1.29 is 14.3 Å². The molecule has 2 unspecified atom stereocenters. The highest BCUT2D eigenvalue weighted by Gasteiger charge is 2.28. The van der Waals surface area contributed by atoms with Gasteiger partial charge in [0.2, 0.25) is 5.91 Å². The van der Waals surface area contributed by atoms with Crippen LogP contribution in [0.15, 0.2) is 48.5 Å². The number of ether oxygens (including phenoxy) is 1. The quantitative estimate of drug-likeness (QED) is 0.746. The zero-order valence-electron chi connectivity index (χ0n) is 19.0. The first-order chi connectivity index (χ1) is 15.2. The molecule has 1 heterocycles. The number of nitrogens with one attached hydrogen (secondary N) is 2. The third-order valence-corrected chi connectivity index (χ3v) is 5.23. The standard InChI is InChI=1S/C25H30N4O3/c1-17(27-24(31)32-25(2,3)4)23(30)28-21-12-13-29(16-21)22-11-10-19(14-20(22)15-26)18-8-6-5-7-9-18/h5-11,14,17,21H,12-13,16H2,1-4H3,(H,27,31)(H,28,30). The molecule has 2 amide bonds. The minimum atomic E-state index is -0.710. The molecular weight excluding hydrogens is 404 g/mol. The largest absolute Gasteiger partial charge is 0.444 e. The molecule has 1 fully saturated rings. The summed E-state index contributed by atoms with van der Waals surface area (Å²) in [7, 11) is 0. The summed E-state index contributed by atoms with van der Waals surface area (Å²) in [5.74, 6) is -0.261. The Balaban J connectivity index is 1.60. The lowest BCUT2D eigenvalue weighted by molar-refractivity contribution is -0.123. The van der Waals surface area contributed by atoms with Gasteiger partial charge in [-0.05, 0) is 57.4 Å². The van der Waals surface area contributed by atoms with Crippen LogP contribution in [0.3, 0.4) is 0 Å². The predicted octanol–water partition coefficient (Wildman–Crippen LogP) is 3.83. The molecule has 7 heteroatoms. The molecule has 0 aliphatic carbocycles. The second-order valence-electron chi connectivity index (χ2n) is 9.02. The van der Waals surface area contributed by atoms with Crippen molar-refractivity contribution in [3.8, 4) is 17.2 Å². The van der Waals surface area contributed by atoms with Crippen molar-refractivity contribution in [3.05, 3.63) is 54.1 Å². The fraction of sp³-hybridized carbons (Fsp3) is 0.400. The van der Waals surface area contributed by atoms with Gasteiger partial charge in [0.05, 0.1) is 11.3 Å². The topological polar surface area (TPSA) is 94.5 Å². The summed E-state index contributed by atoms with van der Waals surface area (Å²) in [6.07, 6.45) is 0.140. The van der Waals surface area contributed by atoms with Crippen molar-refractivity contribution in [1.82, 2.24) is 10.6 Å². The van der Waals surface area contributed by atoms with Gasteiger partial charge in [0.25, 0.3) is 0 Å². The van der Waals surface area contributed by atoms with Crippen LogP contribution in [0.1, 0.15) is 39.7 Å². The van der Waals surface area contributed by atoms with E-state index in [9.17, 15) is 14.9 Å². The van der Waals surface area contributed by atoms with Crippen molar-refractivity contribution in [2.75, 3.05) is 18.0 Å². The normalized spacial score (nSPS) is 16.7. The van der Waals surface area contributed by atoms with E-state index in [4.69, 9.17) is 4.74 Å². The van der Waals surface area contributed by atoms with Gasteiger partial charge in [-0.3, -0.25) is 4.79 Å². The van der Waals surface area contributed by atoms with E-state index in [1.54, 1.807) is 27.7 Å². The third-order valence-electron chi connectivity index (χ3n) is 5.23. The molecule has 0 saturated carbocycles. The van der Waals surface area contributed by atoms with Crippen LogP contribution in [0.2, 0.25) is 0 Å². The molecule has 7 nitrogen and oxygen atoms in total. The lowest BCUT2D eigenvalue weighted by Gasteiger charge is -2.23. The second kappa shape index (κ2) is 9.73. The van der Waals surface area contributed by atoms with Crippen LogP contribution in [0, 0.1) is 11.3 Å². The lowest BCUT2D eigenvalue weighted by Crippen LogP contribution is -2.49.